The summed E-state index contributed by atoms with van der Waals surface area (Å²) in [4.78, 5) is 10.7. The molecule has 0 N–H and O–H groups in total. The third-order valence-electron chi connectivity index (χ3n) is 11.0. The van der Waals surface area contributed by atoms with Gasteiger partial charge in [0.05, 0.1) is 22.9 Å². The van der Waals surface area contributed by atoms with Crippen LogP contribution in [-0.4, -0.2) is 9.97 Å². The molecule has 54 heavy (non-hydrogen) atoms. The number of nitrogens with zero attached hydrogens (tertiary/aromatic N) is 2. The highest BCUT2D eigenvalue weighted by molar-refractivity contribution is 7.26. The predicted molar refractivity (Wildman–Crippen MR) is 236 cm³/mol. The average Bonchev–Trinajstić information content (AvgIpc) is 3.74. The first-order valence-electron chi connectivity index (χ1n) is 18.5. The second kappa shape index (κ2) is 11.8. The van der Waals surface area contributed by atoms with Crippen LogP contribution in [0.1, 0.15) is 22.3 Å². The molecule has 2 nitrogen and oxygen atoms in total. The SMILES string of the molecule is Cc1ccc2sc3c(-c4cc(-c5cnc6c7ccccc7c7ccccc7c6n5)cc(-c5cc(C)cc6c5sc5ccc(C)cc56)c4)cc(C)cc3c2c1. The molecule has 256 valence electrons. The topological polar surface area (TPSA) is 25.8 Å². The van der Waals surface area contributed by atoms with Crippen molar-refractivity contribution in [3.05, 3.63) is 156 Å². The zero-order valence-electron chi connectivity index (χ0n) is 30.4. The Morgan fingerprint density at radius 2 is 0.852 bits per heavy atom. The smallest absolute Gasteiger partial charge is 0.0979 e. The monoisotopic (exact) mass is 726 g/mol. The molecule has 0 aliphatic rings. The molecule has 11 rings (SSSR count). The van der Waals surface area contributed by atoms with Gasteiger partial charge in [0.25, 0.3) is 0 Å². The normalized spacial score (nSPS) is 12.1. The third kappa shape index (κ3) is 4.84. The molecule has 0 saturated carbocycles. The Labute approximate surface area is 321 Å². The van der Waals surface area contributed by atoms with Gasteiger partial charge in [-0.15, -0.1) is 22.7 Å². The number of rotatable bonds is 3. The highest BCUT2D eigenvalue weighted by Crippen LogP contribution is 2.46. The quantitative estimate of drug-likeness (QED) is 0.169. The lowest BCUT2D eigenvalue weighted by molar-refractivity contribution is 1.31. The Balaban J connectivity index is 1.23. The van der Waals surface area contributed by atoms with Gasteiger partial charge < -0.3 is 0 Å². The van der Waals surface area contributed by atoms with E-state index in [0.29, 0.717) is 0 Å². The molecule has 0 fully saturated rings. The minimum atomic E-state index is 0.873. The van der Waals surface area contributed by atoms with Crippen molar-refractivity contribution < 1.29 is 0 Å². The molecule has 0 aliphatic carbocycles. The van der Waals surface area contributed by atoms with Crippen LogP contribution in [0.25, 0.3) is 106 Å². The van der Waals surface area contributed by atoms with E-state index in [0.717, 1.165) is 33.1 Å². The van der Waals surface area contributed by atoms with Crippen LogP contribution < -0.4 is 0 Å². The van der Waals surface area contributed by atoms with Gasteiger partial charge in [-0.25, -0.2) is 4.98 Å². The Kier molecular flexibility index (Phi) is 6.89. The van der Waals surface area contributed by atoms with Gasteiger partial charge in [-0.05, 0) is 139 Å². The molecule has 11 aromatic rings. The summed E-state index contributed by atoms with van der Waals surface area (Å²) in [5.74, 6) is 0. The van der Waals surface area contributed by atoms with E-state index in [1.54, 1.807) is 0 Å². The summed E-state index contributed by atoms with van der Waals surface area (Å²) in [5.41, 5.74) is 13.8. The summed E-state index contributed by atoms with van der Waals surface area (Å²) < 4.78 is 5.27. The van der Waals surface area contributed by atoms with Crippen LogP contribution in [0.4, 0.5) is 0 Å². The molecule has 3 aromatic heterocycles. The van der Waals surface area contributed by atoms with E-state index in [4.69, 9.17) is 9.97 Å². The fourth-order valence-corrected chi connectivity index (χ4v) is 11.0. The lowest BCUT2D eigenvalue weighted by Crippen LogP contribution is -1.94. The molecular formula is C50H34N2S2. The van der Waals surface area contributed by atoms with Crippen LogP contribution in [-0.2, 0) is 0 Å². The van der Waals surface area contributed by atoms with Crippen molar-refractivity contribution in [2.24, 2.45) is 0 Å². The zero-order chi connectivity index (χ0) is 36.2. The fourth-order valence-electron chi connectivity index (χ4n) is 8.55. The number of fused-ring (bicyclic) bond motifs is 12. The van der Waals surface area contributed by atoms with E-state index >= 15 is 0 Å². The van der Waals surface area contributed by atoms with Crippen LogP contribution in [0.15, 0.2) is 134 Å². The lowest BCUT2D eigenvalue weighted by Gasteiger charge is -2.14. The summed E-state index contributed by atoms with van der Waals surface area (Å²) in [5, 5.41) is 9.96. The summed E-state index contributed by atoms with van der Waals surface area (Å²) >= 11 is 3.78. The summed E-state index contributed by atoms with van der Waals surface area (Å²) in [6, 6.07) is 47.4. The Morgan fingerprint density at radius 3 is 1.39 bits per heavy atom. The number of hydrogen-bond donors (Lipinski definition) is 0. The van der Waals surface area contributed by atoms with Crippen LogP contribution in [0.2, 0.25) is 0 Å². The molecular weight excluding hydrogens is 693 g/mol. The Morgan fingerprint density at radius 1 is 0.389 bits per heavy atom. The first-order valence-corrected chi connectivity index (χ1v) is 20.1. The van der Waals surface area contributed by atoms with Gasteiger partial charge in [0.2, 0.25) is 0 Å². The zero-order valence-corrected chi connectivity index (χ0v) is 32.0. The van der Waals surface area contributed by atoms with E-state index in [1.807, 2.05) is 28.9 Å². The molecule has 0 bridgehead atoms. The van der Waals surface area contributed by atoms with E-state index < -0.39 is 0 Å². The molecule has 3 heterocycles. The van der Waals surface area contributed by atoms with E-state index in [2.05, 4.69) is 155 Å². The minimum absolute atomic E-state index is 0.873. The first kappa shape index (κ1) is 31.6. The van der Waals surface area contributed by atoms with Crippen LogP contribution in [0.5, 0.6) is 0 Å². The van der Waals surface area contributed by atoms with Gasteiger partial charge >= 0.3 is 0 Å². The second-order valence-electron chi connectivity index (χ2n) is 14.9. The molecule has 0 saturated heterocycles. The van der Waals surface area contributed by atoms with Crippen molar-refractivity contribution >= 4 is 95.6 Å². The molecule has 4 heteroatoms. The molecule has 0 aliphatic heterocycles. The Hall–Kier alpha value is -5.94. The molecule has 0 amide bonds. The molecule has 0 spiro atoms. The van der Waals surface area contributed by atoms with E-state index in [9.17, 15) is 0 Å². The van der Waals surface area contributed by atoms with Crippen molar-refractivity contribution in [1.29, 1.82) is 0 Å². The number of benzene rings is 8. The van der Waals surface area contributed by atoms with E-state index in [-0.39, 0.29) is 0 Å². The largest absolute Gasteiger partial charge is 0.252 e. The molecule has 0 radical (unpaired) electrons. The van der Waals surface area contributed by atoms with Gasteiger partial charge in [-0.1, -0.05) is 71.8 Å². The summed E-state index contributed by atoms with van der Waals surface area (Å²) in [7, 11) is 0. The highest BCUT2D eigenvalue weighted by Gasteiger charge is 2.19. The standard InChI is InChI=1S/C50H34N2S2/c1-27-13-15-45-40(17-27)42-21-29(3)19-38(49(42)53-45)31-23-32(39-20-30(4)22-43-41-18-28(2)14-16-46(41)54-50(39)43)25-33(24-31)44-26-51-47-36-11-7-5-9-34(36)35-10-6-8-12-37(35)48(47)52-44/h5-26H,1-4H3. The van der Waals surface area contributed by atoms with Crippen molar-refractivity contribution in [2.75, 3.05) is 0 Å². The molecule has 0 unspecified atom stereocenters. The summed E-state index contributed by atoms with van der Waals surface area (Å²) in [6.45, 7) is 8.81. The van der Waals surface area contributed by atoms with Crippen LogP contribution in [0, 0.1) is 27.7 Å². The van der Waals surface area contributed by atoms with Crippen molar-refractivity contribution in [3.8, 4) is 33.5 Å². The maximum absolute atomic E-state index is 5.48. The van der Waals surface area contributed by atoms with Crippen molar-refractivity contribution in [1.82, 2.24) is 9.97 Å². The van der Waals surface area contributed by atoms with Crippen molar-refractivity contribution in [3.63, 3.8) is 0 Å². The summed E-state index contributed by atoms with van der Waals surface area (Å²) in [6.07, 6.45) is 1.98. The van der Waals surface area contributed by atoms with Gasteiger partial charge in [-0.2, -0.15) is 0 Å². The highest BCUT2D eigenvalue weighted by atomic mass is 32.1. The third-order valence-corrected chi connectivity index (χ3v) is 13.5. The first-order chi connectivity index (χ1) is 26.4. The van der Waals surface area contributed by atoms with Gasteiger partial charge in [-0.3, -0.25) is 4.98 Å². The number of aryl methyl sites for hydroxylation is 4. The van der Waals surface area contributed by atoms with E-state index in [1.165, 1.54) is 95.6 Å². The van der Waals surface area contributed by atoms with Gasteiger partial charge in [0.1, 0.15) is 0 Å². The van der Waals surface area contributed by atoms with Crippen LogP contribution in [0.3, 0.4) is 0 Å². The number of hydrogen-bond acceptors (Lipinski definition) is 4. The average molecular weight is 727 g/mol. The maximum atomic E-state index is 5.48. The Bertz CT molecular complexity index is 3200. The van der Waals surface area contributed by atoms with Crippen LogP contribution >= 0.6 is 22.7 Å². The minimum Gasteiger partial charge on any atom is -0.252 e. The maximum Gasteiger partial charge on any atom is 0.0979 e. The van der Waals surface area contributed by atoms with Crippen molar-refractivity contribution in [2.45, 2.75) is 27.7 Å². The fraction of sp³-hybridized carbons (Fsp3) is 0.0800. The molecule has 0 atom stereocenters. The second-order valence-corrected chi connectivity index (χ2v) is 17.0. The number of aromatic nitrogens is 2. The van der Waals surface area contributed by atoms with Gasteiger partial charge in [0, 0.05) is 56.7 Å². The molecule has 8 aromatic carbocycles. The predicted octanol–water partition coefficient (Wildman–Crippen LogP) is 14.9. The van der Waals surface area contributed by atoms with Gasteiger partial charge in [0.15, 0.2) is 0 Å². The number of thiophene rings is 2. The lowest BCUT2D eigenvalue weighted by atomic mass is 9.92.